The Morgan fingerprint density at radius 1 is 1.07 bits per heavy atom. The highest BCUT2D eigenvalue weighted by Gasteiger charge is 2.27. The Bertz CT molecular complexity index is 806. The van der Waals surface area contributed by atoms with Gasteiger partial charge in [0.15, 0.2) is 0 Å². The summed E-state index contributed by atoms with van der Waals surface area (Å²) in [6.45, 7) is 5.78. The van der Waals surface area contributed by atoms with Crippen LogP contribution in [0.25, 0.3) is 0 Å². The number of halogens is 1. The van der Waals surface area contributed by atoms with Crippen LogP contribution in [-0.2, 0) is 22.6 Å². The molecule has 0 bridgehead atoms. The second-order valence-corrected chi connectivity index (χ2v) is 7.38. The van der Waals surface area contributed by atoms with E-state index in [-0.39, 0.29) is 30.8 Å². The quantitative estimate of drug-likeness (QED) is 0.729. The maximum absolute atomic E-state index is 13.1. The number of nitrogens with zero attached hydrogens (tertiary/aromatic N) is 1. The van der Waals surface area contributed by atoms with E-state index in [1.54, 1.807) is 25.0 Å². The summed E-state index contributed by atoms with van der Waals surface area (Å²) in [6, 6.07) is 14.1. The van der Waals surface area contributed by atoms with Crippen molar-refractivity contribution in [3.63, 3.8) is 0 Å². The summed E-state index contributed by atoms with van der Waals surface area (Å²) in [5.74, 6) is 0.399. The molecule has 0 spiro atoms. The average molecular weight is 403 g/mol. The summed E-state index contributed by atoms with van der Waals surface area (Å²) < 4.78 is 5.16. The lowest BCUT2D eigenvalue weighted by Gasteiger charge is -2.29. The van der Waals surface area contributed by atoms with Crippen LogP contribution in [-0.4, -0.2) is 35.9 Å². The van der Waals surface area contributed by atoms with Crippen LogP contribution in [0.4, 0.5) is 0 Å². The van der Waals surface area contributed by atoms with Crippen LogP contribution < -0.4 is 10.1 Å². The molecule has 0 aromatic heterocycles. The van der Waals surface area contributed by atoms with E-state index in [9.17, 15) is 9.59 Å². The van der Waals surface area contributed by atoms with E-state index in [1.807, 2.05) is 56.3 Å². The Kier molecular flexibility index (Phi) is 7.88. The van der Waals surface area contributed by atoms with Gasteiger partial charge in [-0.05, 0) is 50.1 Å². The summed E-state index contributed by atoms with van der Waals surface area (Å²) in [5.41, 5.74) is 1.66. The van der Waals surface area contributed by atoms with Crippen LogP contribution >= 0.6 is 11.6 Å². The summed E-state index contributed by atoms with van der Waals surface area (Å²) >= 11 is 6.28. The van der Waals surface area contributed by atoms with Crippen molar-refractivity contribution in [2.24, 2.45) is 0 Å². The SMILES string of the molecule is COc1ccc(CC(=O)N(Cc2ccccc2Cl)[C@H](C)C(=O)NC(C)C)cc1. The number of hydrogen-bond donors (Lipinski definition) is 1. The minimum Gasteiger partial charge on any atom is -0.497 e. The van der Waals surface area contributed by atoms with Crippen LogP contribution in [0.1, 0.15) is 31.9 Å². The number of carbonyl (C=O) groups excluding carboxylic acids is 2. The van der Waals surface area contributed by atoms with Gasteiger partial charge in [0.25, 0.3) is 0 Å². The van der Waals surface area contributed by atoms with Gasteiger partial charge in [-0.15, -0.1) is 0 Å². The van der Waals surface area contributed by atoms with E-state index in [2.05, 4.69) is 5.32 Å². The minimum absolute atomic E-state index is 0.00574. The topological polar surface area (TPSA) is 58.6 Å². The van der Waals surface area contributed by atoms with Gasteiger partial charge in [0.1, 0.15) is 11.8 Å². The van der Waals surface area contributed by atoms with Crippen LogP contribution in [0, 0.1) is 0 Å². The van der Waals surface area contributed by atoms with Gasteiger partial charge in [0, 0.05) is 17.6 Å². The third kappa shape index (κ3) is 5.99. The smallest absolute Gasteiger partial charge is 0.242 e. The maximum atomic E-state index is 13.1. The predicted molar refractivity (Wildman–Crippen MR) is 111 cm³/mol. The molecule has 0 radical (unpaired) electrons. The lowest BCUT2D eigenvalue weighted by atomic mass is 10.1. The highest BCUT2D eigenvalue weighted by Crippen LogP contribution is 2.20. The standard InChI is InChI=1S/C22H27ClN2O3/c1-15(2)24-22(27)16(3)25(14-18-7-5-6-8-20(18)23)21(26)13-17-9-11-19(28-4)12-10-17/h5-12,15-16H,13-14H2,1-4H3,(H,24,27)/t16-/m1/s1. The van der Waals surface area contributed by atoms with Gasteiger partial charge in [-0.3, -0.25) is 9.59 Å². The highest BCUT2D eigenvalue weighted by atomic mass is 35.5. The Balaban J connectivity index is 2.23. The normalized spacial score (nSPS) is 11.8. The van der Waals surface area contributed by atoms with Crippen molar-refractivity contribution in [2.45, 2.75) is 45.8 Å². The molecule has 2 aromatic carbocycles. The molecule has 0 aliphatic heterocycles. The van der Waals surface area contributed by atoms with Crippen molar-refractivity contribution >= 4 is 23.4 Å². The monoisotopic (exact) mass is 402 g/mol. The molecule has 0 fully saturated rings. The van der Waals surface area contributed by atoms with Gasteiger partial charge in [-0.25, -0.2) is 0 Å². The number of nitrogens with one attached hydrogen (secondary N) is 1. The molecule has 150 valence electrons. The Hall–Kier alpha value is -2.53. The molecule has 2 rings (SSSR count). The van der Waals surface area contributed by atoms with Gasteiger partial charge >= 0.3 is 0 Å². The lowest BCUT2D eigenvalue weighted by Crippen LogP contribution is -2.49. The first-order valence-electron chi connectivity index (χ1n) is 9.28. The van der Waals surface area contributed by atoms with E-state index < -0.39 is 6.04 Å². The fourth-order valence-corrected chi connectivity index (χ4v) is 3.01. The van der Waals surface area contributed by atoms with Crippen molar-refractivity contribution in [1.29, 1.82) is 0 Å². The van der Waals surface area contributed by atoms with Crippen LogP contribution in [0.3, 0.4) is 0 Å². The molecule has 0 unspecified atom stereocenters. The number of rotatable bonds is 8. The van der Waals surface area contributed by atoms with Gasteiger partial charge in [-0.1, -0.05) is 41.9 Å². The molecule has 0 heterocycles. The largest absolute Gasteiger partial charge is 0.497 e. The fraction of sp³-hybridized carbons (Fsp3) is 0.364. The van der Waals surface area contributed by atoms with Crippen LogP contribution in [0.15, 0.2) is 48.5 Å². The lowest BCUT2D eigenvalue weighted by molar-refractivity contribution is -0.140. The molecule has 2 amide bonds. The molecule has 6 heteroatoms. The van der Waals surface area contributed by atoms with Crippen LogP contribution in [0.5, 0.6) is 5.75 Å². The second kappa shape index (κ2) is 10.1. The summed E-state index contributed by atoms with van der Waals surface area (Å²) in [4.78, 5) is 27.2. The molecular weight excluding hydrogens is 376 g/mol. The zero-order valence-electron chi connectivity index (χ0n) is 16.7. The van der Waals surface area contributed by atoms with Crippen molar-refractivity contribution in [2.75, 3.05) is 7.11 Å². The van der Waals surface area contributed by atoms with Crippen molar-refractivity contribution in [3.05, 3.63) is 64.7 Å². The van der Waals surface area contributed by atoms with Gasteiger partial charge in [0.05, 0.1) is 13.5 Å². The Labute approximate surface area is 171 Å². The summed E-state index contributed by atoms with van der Waals surface area (Å²) in [5, 5.41) is 3.45. The van der Waals surface area contributed by atoms with E-state index in [0.29, 0.717) is 5.02 Å². The molecule has 0 aliphatic rings. The van der Waals surface area contributed by atoms with Crippen LogP contribution in [0.2, 0.25) is 5.02 Å². The first-order valence-corrected chi connectivity index (χ1v) is 9.65. The third-order valence-corrected chi connectivity index (χ3v) is 4.78. The second-order valence-electron chi connectivity index (χ2n) is 6.98. The van der Waals surface area contributed by atoms with E-state index >= 15 is 0 Å². The summed E-state index contributed by atoms with van der Waals surface area (Å²) in [7, 11) is 1.60. The number of hydrogen-bond acceptors (Lipinski definition) is 3. The number of methoxy groups -OCH3 is 1. The number of carbonyl (C=O) groups is 2. The van der Waals surface area contributed by atoms with Gasteiger partial charge < -0.3 is 15.0 Å². The van der Waals surface area contributed by atoms with Crippen molar-refractivity contribution in [3.8, 4) is 5.75 Å². The molecular formula is C22H27ClN2O3. The minimum atomic E-state index is -0.621. The third-order valence-electron chi connectivity index (χ3n) is 4.41. The molecule has 28 heavy (non-hydrogen) atoms. The molecule has 0 saturated carbocycles. The van der Waals surface area contributed by atoms with E-state index in [1.165, 1.54) is 0 Å². The van der Waals surface area contributed by atoms with Crippen molar-refractivity contribution < 1.29 is 14.3 Å². The molecule has 5 nitrogen and oxygen atoms in total. The zero-order valence-corrected chi connectivity index (χ0v) is 17.5. The average Bonchev–Trinajstić information content (AvgIpc) is 2.66. The number of amides is 2. The first-order chi connectivity index (χ1) is 13.3. The van der Waals surface area contributed by atoms with Gasteiger partial charge in [-0.2, -0.15) is 0 Å². The molecule has 0 saturated heterocycles. The zero-order chi connectivity index (χ0) is 20.7. The molecule has 1 N–H and O–H groups in total. The molecule has 0 aliphatic carbocycles. The molecule has 1 atom stereocenters. The van der Waals surface area contributed by atoms with Crippen molar-refractivity contribution in [1.82, 2.24) is 10.2 Å². The van der Waals surface area contributed by atoms with Gasteiger partial charge in [0.2, 0.25) is 11.8 Å². The number of benzene rings is 2. The maximum Gasteiger partial charge on any atom is 0.242 e. The predicted octanol–water partition coefficient (Wildman–Crippen LogP) is 3.83. The highest BCUT2D eigenvalue weighted by molar-refractivity contribution is 6.31. The number of ether oxygens (including phenoxy) is 1. The fourth-order valence-electron chi connectivity index (χ4n) is 2.82. The van der Waals surface area contributed by atoms with E-state index in [0.717, 1.165) is 16.9 Å². The first kappa shape index (κ1) is 21.8. The summed E-state index contributed by atoms with van der Waals surface area (Å²) in [6.07, 6.45) is 0.188. The Morgan fingerprint density at radius 2 is 1.71 bits per heavy atom. The van der Waals surface area contributed by atoms with E-state index in [4.69, 9.17) is 16.3 Å². The Morgan fingerprint density at radius 3 is 2.29 bits per heavy atom. The molecule has 2 aromatic rings.